The van der Waals surface area contributed by atoms with Crippen molar-refractivity contribution in [2.75, 3.05) is 0 Å². The van der Waals surface area contributed by atoms with E-state index in [4.69, 9.17) is 11.6 Å². The fourth-order valence-corrected chi connectivity index (χ4v) is 2.77. The molecule has 3 heteroatoms. The molecule has 0 N–H and O–H groups in total. The number of rotatable bonds is 2. The summed E-state index contributed by atoms with van der Waals surface area (Å²) in [5.74, 6) is 0.689. The molecule has 0 fully saturated rings. The van der Waals surface area contributed by atoms with Gasteiger partial charge in [0.25, 0.3) is 0 Å². The minimum absolute atomic E-state index is 0.519. The van der Waals surface area contributed by atoms with Crippen LogP contribution in [0.2, 0.25) is 5.15 Å². The van der Waals surface area contributed by atoms with Crippen LogP contribution in [0.1, 0.15) is 23.6 Å². The standard InChI is InChI=1S/C18H17ClN2/c1-4-13-6-8-16-15(10-13)17(19)21-18(20-16)14-7-5-11(2)9-12(14)3/h5-10H,4H2,1-3H3. The predicted molar refractivity (Wildman–Crippen MR) is 88.8 cm³/mol. The molecule has 3 aromatic rings. The summed E-state index contributed by atoms with van der Waals surface area (Å²) >= 11 is 6.37. The van der Waals surface area contributed by atoms with Crippen LogP contribution < -0.4 is 0 Å². The van der Waals surface area contributed by atoms with Crippen LogP contribution in [0.15, 0.2) is 36.4 Å². The zero-order valence-corrected chi connectivity index (χ0v) is 13.2. The molecule has 0 spiro atoms. The van der Waals surface area contributed by atoms with Gasteiger partial charge in [-0.2, -0.15) is 0 Å². The molecule has 0 aliphatic heterocycles. The van der Waals surface area contributed by atoms with Crippen LogP contribution in [0.25, 0.3) is 22.3 Å². The van der Waals surface area contributed by atoms with Gasteiger partial charge in [0, 0.05) is 10.9 Å². The van der Waals surface area contributed by atoms with Gasteiger partial charge in [-0.3, -0.25) is 0 Å². The maximum atomic E-state index is 6.37. The van der Waals surface area contributed by atoms with Crippen LogP contribution in [0.4, 0.5) is 0 Å². The molecule has 1 heterocycles. The van der Waals surface area contributed by atoms with Crippen molar-refractivity contribution in [1.29, 1.82) is 0 Å². The first-order valence-corrected chi connectivity index (χ1v) is 7.50. The highest BCUT2D eigenvalue weighted by molar-refractivity contribution is 6.34. The van der Waals surface area contributed by atoms with E-state index in [0.29, 0.717) is 11.0 Å². The second kappa shape index (κ2) is 5.45. The normalized spacial score (nSPS) is 11.0. The van der Waals surface area contributed by atoms with Crippen molar-refractivity contribution in [3.05, 3.63) is 58.2 Å². The van der Waals surface area contributed by atoms with Crippen LogP contribution in [-0.4, -0.2) is 9.97 Å². The maximum absolute atomic E-state index is 6.37. The molecule has 2 aromatic carbocycles. The Morgan fingerprint density at radius 2 is 1.81 bits per heavy atom. The Hall–Kier alpha value is -1.93. The summed E-state index contributed by atoms with van der Waals surface area (Å²) in [4.78, 5) is 9.17. The number of aromatic nitrogens is 2. The average molecular weight is 297 g/mol. The van der Waals surface area contributed by atoms with E-state index in [2.05, 4.69) is 61.1 Å². The summed E-state index contributed by atoms with van der Waals surface area (Å²) in [6.45, 7) is 6.28. The SMILES string of the molecule is CCc1ccc2nc(-c3ccc(C)cc3C)nc(Cl)c2c1. The second-order valence-corrected chi connectivity index (χ2v) is 5.72. The van der Waals surface area contributed by atoms with E-state index in [1.165, 1.54) is 11.1 Å². The molecular weight excluding hydrogens is 280 g/mol. The van der Waals surface area contributed by atoms with Crippen LogP contribution in [-0.2, 0) is 6.42 Å². The molecule has 0 aliphatic rings. The van der Waals surface area contributed by atoms with Crippen LogP contribution in [0.5, 0.6) is 0 Å². The van der Waals surface area contributed by atoms with Crippen LogP contribution >= 0.6 is 11.6 Å². The summed E-state index contributed by atoms with van der Waals surface area (Å²) in [6.07, 6.45) is 0.977. The molecule has 2 nitrogen and oxygen atoms in total. The summed E-state index contributed by atoms with van der Waals surface area (Å²) in [5, 5.41) is 1.44. The Morgan fingerprint density at radius 3 is 2.52 bits per heavy atom. The Bertz CT molecular complexity index is 825. The summed E-state index contributed by atoms with van der Waals surface area (Å²) in [5.41, 5.74) is 5.56. The second-order valence-electron chi connectivity index (χ2n) is 5.36. The zero-order chi connectivity index (χ0) is 15.0. The van der Waals surface area contributed by atoms with E-state index in [-0.39, 0.29) is 0 Å². The fraction of sp³-hybridized carbons (Fsp3) is 0.222. The van der Waals surface area contributed by atoms with Gasteiger partial charge in [0.2, 0.25) is 0 Å². The minimum atomic E-state index is 0.519. The molecular formula is C18H17ClN2. The highest BCUT2D eigenvalue weighted by Crippen LogP contribution is 2.27. The third-order valence-corrected chi connectivity index (χ3v) is 4.03. The van der Waals surface area contributed by atoms with E-state index in [0.717, 1.165) is 28.5 Å². The zero-order valence-electron chi connectivity index (χ0n) is 12.4. The Labute approximate surface area is 129 Å². The maximum Gasteiger partial charge on any atom is 0.161 e. The lowest BCUT2D eigenvalue weighted by molar-refractivity contribution is 1.14. The topological polar surface area (TPSA) is 25.8 Å². The molecule has 0 atom stereocenters. The molecule has 0 saturated heterocycles. The first-order chi connectivity index (χ1) is 10.1. The first kappa shape index (κ1) is 14.0. The highest BCUT2D eigenvalue weighted by Gasteiger charge is 2.10. The van der Waals surface area contributed by atoms with E-state index < -0.39 is 0 Å². The lowest BCUT2D eigenvalue weighted by Crippen LogP contribution is -1.95. The smallest absolute Gasteiger partial charge is 0.161 e. The van der Waals surface area contributed by atoms with Crippen molar-refractivity contribution >= 4 is 22.5 Å². The number of halogens is 1. The number of hydrogen-bond donors (Lipinski definition) is 0. The van der Waals surface area contributed by atoms with Crippen molar-refractivity contribution in [3.63, 3.8) is 0 Å². The van der Waals surface area contributed by atoms with E-state index >= 15 is 0 Å². The number of benzene rings is 2. The van der Waals surface area contributed by atoms with Gasteiger partial charge in [-0.05, 0) is 43.5 Å². The van der Waals surface area contributed by atoms with Gasteiger partial charge in [0.15, 0.2) is 5.82 Å². The van der Waals surface area contributed by atoms with E-state index in [1.807, 2.05) is 6.07 Å². The Kier molecular flexibility index (Phi) is 3.64. The molecule has 0 saturated carbocycles. The molecule has 106 valence electrons. The fourth-order valence-electron chi connectivity index (χ4n) is 2.54. The monoisotopic (exact) mass is 296 g/mol. The van der Waals surface area contributed by atoms with Gasteiger partial charge in [-0.1, -0.05) is 48.4 Å². The van der Waals surface area contributed by atoms with E-state index in [1.54, 1.807) is 0 Å². The predicted octanol–water partition coefficient (Wildman–Crippen LogP) is 5.13. The van der Waals surface area contributed by atoms with Gasteiger partial charge in [0.05, 0.1) is 5.52 Å². The number of nitrogens with zero attached hydrogens (tertiary/aromatic N) is 2. The minimum Gasteiger partial charge on any atom is -0.228 e. The van der Waals surface area contributed by atoms with Gasteiger partial charge < -0.3 is 0 Å². The van der Waals surface area contributed by atoms with Gasteiger partial charge in [0.1, 0.15) is 5.15 Å². The largest absolute Gasteiger partial charge is 0.228 e. The van der Waals surface area contributed by atoms with Crippen molar-refractivity contribution < 1.29 is 0 Å². The molecule has 0 amide bonds. The van der Waals surface area contributed by atoms with Gasteiger partial charge in [-0.15, -0.1) is 0 Å². The molecule has 0 bridgehead atoms. The lowest BCUT2D eigenvalue weighted by atomic mass is 10.0. The van der Waals surface area contributed by atoms with Crippen molar-refractivity contribution in [1.82, 2.24) is 9.97 Å². The molecule has 0 radical (unpaired) electrons. The summed E-state index contributed by atoms with van der Waals surface area (Å²) < 4.78 is 0. The third kappa shape index (κ3) is 2.64. The molecule has 0 aliphatic carbocycles. The number of aryl methyl sites for hydroxylation is 3. The third-order valence-electron chi connectivity index (χ3n) is 3.74. The molecule has 21 heavy (non-hydrogen) atoms. The number of hydrogen-bond acceptors (Lipinski definition) is 2. The van der Waals surface area contributed by atoms with E-state index in [9.17, 15) is 0 Å². The summed E-state index contributed by atoms with van der Waals surface area (Å²) in [7, 11) is 0. The van der Waals surface area contributed by atoms with Crippen molar-refractivity contribution in [3.8, 4) is 11.4 Å². The lowest BCUT2D eigenvalue weighted by Gasteiger charge is -2.09. The number of fused-ring (bicyclic) bond motifs is 1. The quantitative estimate of drug-likeness (QED) is 0.613. The molecule has 3 rings (SSSR count). The van der Waals surface area contributed by atoms with Crippen LogP contribution in [0.3, 0.4) is 0 Å². The molecule has 0 unspecified atom stereocenters. The van der Waals surface area contributed by atoms with Crippen LogP contribution in [0, 0.1) is 13.8 Å². The Morgan fingerprint density at radius 1 is 1.00 bits per heavy atom. The summed E-state index contributed by atoms with van der Waals surface area (Å²) in [6, 6.07) is 12.5. The van der Waals surface area contributed by atoms with Crippen molar-refractivity contribution in [2.24, 2.45) is 0 Å². The Balaban J connectivity index is 2.20. The van der Waals surface area contributed by atoms with Gasteiger partial charge >= 0.3 is 0 Å². The van der Waals surface area contributed by atoms with Gasteiger partial charge in [-0.25, -0.2) is 9.97 Å². The highest BCUT2D eigenvalue weighted by atomic mass is 35.5. The van der Waals surface area contributed by atoms with Crippen molar-refractivity contribution in [2.45, 2.75) is 27.2 Å². The average Bonchev–Trinajstić information content (AvgIpc) is 2.47. The first-order valence-electron chi connectivity index (χ1n) is 7.12. The molecule has 1 aromatic heterocycles.